The van der Waals surface area contributed by atoms with Crippen molar-refractivity contribution in [1.82, 2.24) is 15.1 Å². The van der Waals surface area contributed by atoms with Crippen LogP contribution in [-0.4, -0.2) is 48.9 Å². The molecule has 148 valence electrons. The van der Waals surface area contributed by atoms with Crippen LogP contribution >= 0.6 is 11.6 Å². The van der Waals surface area contributed by atoms with Gasteiger partial charge in [-0.25, -0.2) is 0 Å². The van der Waals surface area contributed by atoms with E-state index in [-0.39, 0.29) is 5.91 Å². The van der Waals surface area contributed by atoms with Gasteiger partial charge in [-0.3, -0.25) is 9.69 Å². The summed E-state index contributed by atoms with van der Waals surface area (Å²) in [6.07, 6.45) is 0.537. The Kier molecular flexibility index (Phi) is 6.00. The van der Waals surface area contributed by atoms with Crippen LogP contribution in [0.5, 0.6) is 0 Å². The van der Waals surface area contributed by atoms with E-state index in [0.29, 0.717) is 35.9 Å². The van der Waals surface area contributed by atoms with E-state index >= 15 is 0 Å². The smallest absolute Gasteiger partial charge is 0.221 e. The number of hydrogen-bond acceptors (Lipinski definition) is 3. The molecule has 2 aromatic rings. The average Bonchev–Trinajstić information content (AvgIpc) is 3.22. The summed E-state index contributed by atoms with van der Waals surface area (Å²) in [5, 5.41) is 3.70. The second-order valence-electron chi connectivity index (χ2n) is 8.10. The minimum atomic E-state index is 0.0914. The highest BCUT2D eigenvalue weighted by atomic mass is 35.5. The van der Waals surface area contributed by atoms with Crippen LogP contribution in [0.3, 0.4) is 0 Å². The van der Waals surface area contributed by atoms with E-state index in [9.17, 15) is 4.79 Å². The molecule has 2 aliphatic heterocycles. The minimum Gasteiger partial charge on any atom is -0.352 e. The van der Waals surface area contributed by atoms with Crippen LogP contribution in [0.25, 0.3) is 0 Å². The van der Waals surface area contributed by atoms with Gasteiger partial charge in [0.1, 0.15) is 0 Å². The molecule has 2 aromatic carbocycles. The molecule has 0 bridgehead atoms. The van der Waals surface area contributed by atoms with Gasteiger partial charge in [-0.2, -0.15) is 0 Å². The molecule has 4 nitrogen and oxygen atoms in total. The third-order valence-corrected chi connectivity index (χ3v) is 6.57. The molecule has 1 amide bonds. The highest BCUT2D eigenvalue weighted by Crippen LogP contribution is 2.43. The van der Waals surface area contributed by atoms with E-state index in [1.807, 2.05) is 24.3 Å². The van der Waals surface area contributed by atoms with Crippen molar-refractivity contribution in [2.24, 2.45) is 11.8 Å². The number of halogens is 1. The fourth-order valence-corrected chi connectivity index (χ4v) is 5.07. The van der Waals surface area contributed by atoms with Crippen molar-refractivity contribution in [2.45, 2.75) is 19.0 Å². The molecule has 3 atom stereocenters. The van der Waals surface area contributed by atoms with E-state index in [1.54, 1.807) is 0 Å². The molecule has 4 rings (SSSR count). The van der Waals surface area contributed by atoms with E-state index in [0.717, 1.165) is 31.7 Å². The molecule has 2 heterocycles. The fraction of sp³-hybridized carbons (Fsp3) is 0.435. The summed E-state index contributed by atoms with van der Waals surface area (Å²) in [6.45, 7) is 4.62. The first kappa shape index (κ1) is 19.4. The van der Waals surface area contributed by atoms with Crippen LogP contribution in [0, 0.1) is 11.8 Å². The normalized spacial score (nSPS) is 25.0. The standard InChI is InChI=1S/C23H28ClN3O/c1-26-14-19-15-27(16-20(19)23(26)17-7-3-2-4-8-17)12-11-22(28)25-13-18-9-5-6-10-21(18)24/h2-10,19-20,23H,11-16H2,1H3,(H,25,28). The maximum Gasteiger partial charge on any atom is 0.221 e. The Hall–Kier alpha value is -1.88. The van der Waals surface area contributed by atoms with Crippen LogP contribution in [0.15, 0.2) is 54.6 Å². The number of carbonyl (C=O) groups excluding carboxylic acids is 1. The minimum absolute atomic E-state index is 0.0914. The van der Waals surface area contributed by atoms with Crippen LogP contribution in [-0.2, 0) is 11.3 Å². The lowest BCUT2D eigenvalue weighted by atomic mass is 9.90. The summed E-state index contributed by atoms with van der Waals surface area (Å²) in [5.41, 5.74) is 2.37. The third kappa shape index (κ3) is 4.24. The highest BCUT2D eigenvalue weighted by molar-refractivity contribution is 6.31. The van der Waals surface area contributed by atoms with Crippen molar-refractivity contribution in [2.75, 3.05) is 33.2 Å². The Bertz CT molecular complexity index is 813. The molecule has 2 aliphatic rings. The molecule has 0 aromatic heterocycles. The molecular weight excluding hydrogens is 370 g/mol. The number of rotatable bonds is 6. The number of likely N-dealkylation sites (tertiary alicyclic amines) is 2. The van der Waals surface area contributed by atoms with Gasteiger partial charge in [-0.05, 0) is 36.1 Å². The van der Waals surface area contributed by atoms with Crippen LogP contribution < -0.4 is 5.32 Å². The summed E-state index contributed by atoms with van der Waals surface area (Å²) in [7, 11) is 2.24. The Morgan fingerprint density at radius 2 is 1.82 bits per heavy atom. The van der Waals surface area contributed by atoms with Gasteiger partial charge >= 0.3 is 0 Å². The quantitative estimate of drug-likeness (QED) is 0.809. The molecule has 1 N–H and O–H groups in total. The molecule has 0 aliphatic carbocycles. The Balaban J connectivity index is 1.27. The van der Waals surface area contributed by atoms with Crippen molar-refractivity contribution in [1.29, 1.82) is 0 Å². The number of amides is 1. The monoisotopic (exact) mass is 397 g/mol. The highest BCUT2D eigenvalue weighted by Gasteiger charge is 2.45. The molecule has 3 unspecified atom stereocenters. The Morgan fingerprint density at radius 3 is 2.61 bits per heavy atom. The number of fused-ring (bicyclic) bond motifs is 1. The predicted octanol–water partition coefficient (Wildman–Crippen LogP) is 3.58. The lowest BCUT2D eigenvalue weighted by Gasteiger charge is -2.26. The number of nitrogens with one attached hydrogen (secondary N) is 1. The van der Waals surface area contributed by atoms with E-state index in [4.69, 9.17) is 11.6 Å². The van der Waals surface area contributed by atoms with Gasteiger partial charge in [0, 0.05) is 50.2 Å². The van der Waals surface area contributed by atoms with E-state index < -0.39 is 0 Å². The molecule has 5 heteroatoms. The van der Waals surface area contributed by atoms with Crippen molar-refractivity contribution >= 4 is 17.5 Å². The first-order valence-electron chi connectivity index (χ1n) is 10.1. The molecule has 2 saturated heterocycles. The Labute approximate surface area is 172 Å². The lowest BCUT2D eigenvalue weighted by Crippen LogP contribution is -2.32. The second kappa shape index (κ2) is 8.64. The van der Waals surface area contributed by atoms with Gasteiger partial charge in [0.2, 0.25) is 5.91 Å². The average molecular weight is 398 g/mol. The van der Waals surface area contributed by atoms with Crippen molar-refractivity contribution in [3.63, 3.8) is 0 Å². The summed E-state index contributed by atoms with van der Waals surface area (Å²) in [6, 6.07) is 19.0. The molecule has 0 spiro atoms. The van der Waals surface area contributed by atoms with Crippen LogP contribution in [0.2, 0.25) is 5.02 Å². The third-order valence-electron chi connectivity index (χ3n) is 6.20. The van der Waals surface area contributed by atoms with Gasteiger partial charge in [0.25, 0.3) is 0 Å². The predicted molar refractivity (Wildman–Crippen MR) is 113 cm³/mol. The SMILES string of the molecule is CN1CC2CN(CCC(=O)NCc3ccccc3Cl)CC2C1c1ccccc1. The largest absolute Gasteiger partial charge is 0.352 e. The van der Waals surface area contributed by atoms with Gasteiger partial charge in [0.15, 0.2) is 0 Å². The van der Waals surface area contributed by atoms with Crippen LogP contribution in [0.4, 0.5) is 0 Å². The zero-order valence-electron chi connectivity index (χ0n) is 16.4. The van der Waals surface area contributed by atoms with E-state index in [2.05, 4.69) is 52.5 Å². The summed E-state index contributed by atoms with van der Waals surface area (Å²) < 4.78 is 0. The number of benzene rings is 2. The number of nitrogens with zero attached hydrogens (tertiary/aromatic N) is 2. The van der Waals surface area contributed by atoms with Gasteiger partial charge in [-0.1, -0.05) is 60.1 Å². The number of carbonyl (C=O) groups is 1. The molecule has 28 heavy (non-hydrogen) atoms. The fourth-order valence-electron chi connectivity index (χ4n) is 4.87. The maximum atomic E-state index is 12.3. The topological polar surface area (TPSA) is 35.6 Å². The lowest BCUT2D eigenvalue weighted by molar-refractivity contribution is -0.121. The molecule has 0 saturated carbocycles. The van der Waals surface area contributed by atoms with Gasteiger partial charge < -0.3 is 10.2 Å². The molecule has 0 radical (unpaired) electrons. The number of hydrogen-bond donors (Lipinski definition) is 1. The zero-order chi connectivity index (χ0) is 19.5. The zero-order valence-corrected chi connectivity index (χ0v) is 17.1. The van der Waals surface area contributed by atoms with Crippen LogP contribution in [0.1, 0.15) is 23.6 Å². The summed E-state index contributed by atoms with van der Waals surface area (Å²) >= 11 is 6.16. The second-order valence-corrected chi connectivity index (χ2v) is 8.50. The summed E-state index contributed by atoms with van der Waals surface area (Å²) in [5.74, 6) is 1.44. The van der Waals surface area contributed by atoms with Crippen molar-refractivity contribution in [3.05, 3.63) is 70.7 Å². The first-order valence-corrected chi connectivity index (χ1v) is 10.5. The maximum absolute atomic E-state index is 12.3. The molecule has 2 fully saturated rings. The van der Waals surface area contributed by atoms with E-state index in [1.165, 1.54) is 5.56 Å². The molecular formula is C23H28ClN3O. The first-order chi connectivity index (χ1) is 13.6. The van der Waals surface area contributed by atoms with Crippen molar-refractivity contribution < 1.29 is 4.79 Å². The van der Waals surface area contributed by atoms with Crippen molar-refractivity contribution in [3.8, 4) is 0 Å². The summed E-state index contributed by atoms with van der Waals surface area (Å²) in [4.78, 5) is 17.2. The Morgan fingerprint density at radius 1 is 1.07 bits per heavy atom. The van der Waals surface area contributed by atoms with Gasteiger partial charge in [-0.15, -0.1) is 0 Å². The van der Waals surface area contributed by atoms with Gasteiger partial charge in [0.05, 0.1) is 0 Å².